The van der Waals surface area contributed by atoms with Crippen LogP contribution in [0.25, 0.3) is 0 Å². The van der Waals surface area contributed by atoms with Crippen molar-refractivity contribution in [3.8, 4) is 17.2 Å². The van der Waals surface area contributed by atoms with E-state index >= 15 is 0 Å². The molecule has 5 nitrogen and oxygen atoms in total. The fourth-order valence-electron chi connectivity index (χ4n) is 3.49. The van der Waals surface area contributed by atoms with E-state index in [0.29, 0.717) is 30.0 Å². The minimum Gasteiger partial charge on any atom is -0.486 e. The predicted molar refractivity (Wildman–Crippen MR) is 101 cm³/mol. The summed E-state index contributed by atoms with van der Waals surface area (Å²) in [6.45, 7) is 1.53. The molecule has 27 heavy (non-hydrogen) atoms. The maximum absolute atomic E-state index is 13.9. The van der Waals surface area contributed by atoms with Crippen molar-refractivity contribution < 1.29 is 23.4 Å². The van der Waals surface area contributed by atoms with Crippen LogP contribution in [-0.4, -0.2) is 37.2 Å². The lowest BCUT2D eigenvalue weighted by Gasteiger charge is -2.26. The number of nitrogens with zero attached hydrogens (tertiary/aromatic N) is 1. The van der Waals surface area contributed by atoms with Crippen molar-refractivity contribution in [1.82, 2.24) is 4.90 Å². The van der Waals surface area contributed by atoms with Gasteiger partial charge >= 0.3 is 0 Å². The molecule has 7 heteroatoms. The van der Waals surface area contributed by atoms with Gasteiger partial charge in [0.05, 0.1) is 6.04 Å². The van der Waals surface area contributed by atoms with Crippen molar-refractivity contribution >= 4 is 21.8 Å². The van der Waals surface area contributed by atoms with Crippen LogP contribution in [-0.2, 0) is 4.79 Å². The summed E-state index contributed by atoms with van der Waals surface area (Å²) in [7, 11) is 0. The van der Waals surface area contributed by atoms with Gasteiger partial charge in [0, 0.05) is 11.0 Å². The van der Waals surface area contributed by atoms with E-state index in [4.69, 9.17) is 14.2 Å². The van der Waals surface area contributed by atoms with Crippen molar-refractivity contribution in [3.63, 3.8) is 0 Å². The Bertz CT molecular complexity index is 860. The van der Waals surface area contributed by atoms with E-state index in [-0.39, 0.29) is 24.3 Å². The SMILES string of the molecule is O=C(COc1ccc(Br)cc1F)N1CCCC1c1ccc2c(c1)OCCO2. The molecule has 0 bridgehead atoms. The highest BCUT2D eigenvalue weighted by Gasteiger charge is 2.31. The first kappa shape index (κ1) is 18.1. The average Bonchev–Trinajstić information content (AvgIpc) is 3.16. The lowest BCUT2D eigenvalue weighted by Crippen LogP contribution is -2.34. The highest BCUT2D eigenvalue weighted by molar-refractivity contribution is 9.10. The second kappa shape index (κ2) is 7.76. The van der Waals surface area contributed by atoms with E-state index in [0.717, 1.165) is 24.2 Å². The second-order valence-electron chi connectivity index (χ2n) is 6.51. The molecule has 1 saturated heterocycles. The molecule has 0 saturated carbocycles. The van der Waals surface area contributed by atoms with Crippen LogP contribution >= 0.6 is 15.9 Å². The maximum atomic E-state index is 13.9. The molecule has 0 aliphatic carbocycles. The normalized spacial score (nSPS) is 18.4. The van der Waals surface area contributed by atoms with Gasteiger partial charge in [0.25, 0.3) is 5.91 Å². The first-order valence-corrected chi connectivity index (χ1v) is 9.68. The third-order valence-electron chi connectivity index (χ3n) is 4.77. The molecule has 2 aromatic rings. The van der Waals surface area contributed by atoms with Crippen LogP contribution in [0, 0.1) is 5.82 Å². The molecule has 0 aromatic heterocycles. The second-order valence-corrected chi connectivity index (χ2v) is 7.43. The minimum atomic E-state index is -0.498. The van der Waals surface area contributed by atoms with E-state index in [2.05, 4.69) is 15.9 Å². The Morgan fingerprint density at radius 3 is 2.81 bits per heavy atom. The van der Waals surface area contributed by atoms with Gasteiger partial charge in [0.1, 0.15) is 13.2 Å². The number of halogens is 2. The number of rotatable bonds is 4. The fraction of sp³-hybridized carbons (Fsp3) is 0.350. The number of fused-ring (bicyclic) bond motifs is 1. The Morgan fingerprint density at radius 1 is 1.19 bits per heavy atom. The molecule has 1 fully saturated rings. The van der Waals surface area contributed by atoms with Gasteiger partial charge in [-0.2, -0.15) is 0 Å². The number of carbonyl (C=O) groups is 1. The highest BCUT2D eigenvalue weighted by Crippen LogP contribution is 2.38. The van der Waals surface area contributed by atoms with Gasteiger partial charge in [0.15, 0.2) is 29.7 Å². The Kier molecular flexibility index (Phi) is 5.20. The van der Waals surface area contributed by atoms with Gasteiger partial charge in [-0.15, -0.1) is 0 Å². The molecule has 1 atom stereocenters. The van der Waals surface area contributed by atoms with Crippen molar-refractivity contribution in [2.45, 2.75) is 18.9 Å². The Hall–Kier alpha value is -2.28. The molecule has 2 aliphatic heterocycles. The van der Waals surface area contributed by atoms with Crippen LogP contribution in [0.5, 0.6) is 17.2 Å². The number of hydrogen-bond donors (Lipinski definition) is 0. The summed E-state index contributed by atoms with van der Waals surface area (Å²) in [6.07, 6.45) is 1.79. The monoisotopic (exact) mass is 435 g/mol. The van der Waals surface area contributed by atoms with E-state index in [1.54, 1.807) is 11.0 Å². The third-order valence-corrected chi connectivity index (χ3v) is 5.26. The van der Waals surface area contributed by atoms with Gasteiger partial charge in [-0.05, 0) is 48.7 Å². The molecular weight excluding hydrogens is 417 g/mol. The van der Waals surface area contributed by atoms with Gasteiger partial charge < -0.3 is 19.1 Å². The van der Waals surface area contributed by atoms with Crippen molar-refractivity contribution in [2.75, 3.05) is 26.4 Å². The van der Waals surface area contributed by atoms with E-state index in [9.17, 15) is 9.18 Å². The summed E-state index contributed by atoms with van der Waals surface area (Å²) in [4.78, 5) is 14.5. The van der Waals surface area contributed by atoms with Crippen LogP contribution in [0.15, 0.2) is 40.9 Å². The Labute approximate surface area is 165 Å². The zero-order chi connectivity index (χ0) is 18.8. The molecular formula is C20H19BrFNO4. The molecule has 2 aliphatic rings. The molecule has 1 unspecified atom stereocenters. The lowest BCUT2D eigenvalue weighted by molar-refractivity contribution is -0.134. The van der Waals surface area contributed by atoms with E-state index in [1.165, 1.54) is 12.1 Å². The Morgan fingerprint density at radius 2 is 2.00 bits per heavy atom. The first-order valence-electron chi connectivity index (χ1n) is 8.89. The number of hydrogen-bond acceptors (Lipinski definition) is 4. The molecule has 0 spiro atoms. The Balaban J connectivity index is 1.45. The number of likely N-dealkylation sites (tertiary alicyclic amines) is 1. The summed E-state index contributed by atoms with van der Waals surface area (Å²) in [6, 6.07) is 10.3. The van der Waals surface area contributed by atoms with Gasteiger partial charge in [0.2, 0.25) is 0 Å². The molecule has 1 amide bonds. The molecule has 2 heterocycles. The largest absolute Gasteiger partial charge is 0.486 e. The molecule has 142 valence electrons. The van der Waals surface area contributed by atoms with E-state index in [1.807, 2.05) is 18.2 Å². The van der Waals surface area contributed by atoms with Crippen LogP contribution in [0.3, 0.4) is 0 Å². The zero-order valence-corrected chi connectivity index (χ0v) is 16.2. The zero-order valence-electron chi connectivity index (χ0n) is 14.6. The molecule has 0 N–H and O–H groups in total. The van der Waals surface area contributed by atoms with Gasteiger partial charge in [-0.1, -0.05) is 22.0 Å². The first-order chi connectivity index (χ1) is 13.1. The van der Waals surface area contributed by atoms with Crippen LogP contribution in [0.1, 0.15) is 24.4 Å². The molecule has 0 radical (unpaired) electrons. The fourth-order valence-corrected chi connectivity index (χ4v) is 3.83. The third kappa shape index (κ3) is 3.88. The summed E-state index contributed by atoms with van der Waals surface area (Å²) in [5.41, 5.74) is 1.01. The molecule has 4 rings (SSSR count). The molecule has 2 aromatic carbocycles. The van der Waals surface area contributed by atoms with Crippen molar-refractivity contribution in [3.05, 3.63) is 52.3 Å². The minimum absolute atomic E-state index is 0.0355. The van der Waals surface area contributed by atoms with Crippen LogP contribution in [0.4, 0.5) is 4.39 Å². The number of amides is 1. The van der Waals surface area contributed by atoms with Crippen molar-refractivity contribution in [2.24, 2.45) is 0 Å². The number of ether oxygens (including phenoxy) is 3. The van der Waals surface area contributed by atoms with E-state index < -0.39 is 5.82 Å². The predicted octanol–water partition coefficient (Wildman–Crippen LogP) is 4.10. The standard InChI is InChI=1S/C20H19BrFNO4/c21-14-4-6-17(15(22)11-14)27-12-20(24)23-7-1-2-16(23)13-3-5-18-19(10-13)26-9-8-25-18/h3-6,10-11,16H,1-2,7-9,12H2. The summed E-state index contributed by atoms with van der Waals surface area (Å²) < 4.78 is 31.1. The summed E-state index contributed by atoms with van der Waals surface area (Å²) >= 11 is 3.20. The highest BCUT2D eigenvalue weighted by atomic mass is 79.9. The van der Waals surface area contributed by atoms with Gasteiger partial charge in [-0.3, -0.25) is 4.79 Å². The topological polar surface area (TPSA) is 48.0 Å². The van der Waals surface area contributed by atoms with Crippen LogP contribution < -0.4 is 14.2 Å². The average molecular weight is 436 g/mol. The lowest BCUT2D eigenvalue weighted by atomic mass is 10.0. The summed E-state index contributed by atoms with van der Waals surface area (Å²) in [5, 5.41) is 0. The van der Waals surface area contributed by atoms with Crippen molar-refractivity contribution in [1.29, 1.82) is 0 Å². The number of carbonyl (C=O) groups excluding carboxylic acids is 1. The quantitative estimate of drug-likeness (QED) is 0.724. The number of benzene rings is 2. The smallest absolute Gasteiger partial charge is 0.261 e. The van der Waals surface area contributed by atoms with Crippen LogP contribution in [0.2, 0.25) is 0 Å². The summed E-state index contributed by atoms with van der Waals surface area (Å²) in [5.74, 6) is 0.861. The maximum Gasteiger partial charge on any atom is 0.261 e. The van der Waals surface area contributed by atoms with Gasteiger partial charge in [-0.25, -0.2) is 4.39 Å².